The van der Waals surface area contributed by atoms with Gasteiger partial charge in [0.25, 0.3) is 0 Å². The quantitative estimate of drug-likeness (QED) is 0.361. The summed E-state index contributed by atoms with van der Waals surface area (Å²) >= 11 is 0. The molecule has 0 spiro atoms. The fraction of sp³-hybridized carbons (Fsp3) is 0.579. The van der Waals surface area contributed by atoms with Crippen molar-refractivity contribution in [2.24, 2.45) is 10.2 Å². The topological polar surface area (TPSA) is 24.7 Å². The lowest BCUT2D eigenvalue weighted by molar-refractivity contribution is 0.664. The van der Waals surface area contributed by atoms with Gasteiger partial charge in [0.1, 0.15) is 0 Å². The summed E-state index contributed by atoms with van der Waals surface area (Å²) in [7, 11) is 0. The predicted octanol–water partition coefficient (Wildman–Crippen LogP) is 5.47. The normalized spacial score (nSPS) is 11.9. The van der Waals surface area contributed by atoms with Gasteiger partial charge in [-0.2, -0.15) is 10.2 Å². The van der Waals surface area contributed by atoms with Gasteiger partial charge in [-0.3, -0.25) is 0 Å². The second-order valence-electron chi connectivity index (χ2n) is 5.82. The molecule has 21 heavy (non-hydrogen) atoms. The molecule has 0 aliphatic carbocycles. The van der Waals surface area contributed by atoms with Crippen LogP contribution in [0.2, 0.25) is 0 Å². The molecule has 116 valence electrons. The Bertz CT molecular complexity index is 496. The van der Waals surface area contributed by atoms with Crippen LogP contribution in [0.3, 0.4) is 0 Å². The highest BCUT2D eigenvalue weighted by atomic mass is 15.2. The molecule has 0 atom stereocenters. The van der Waals surface area contributed by atoms with Crippen molar-refractivity contribution in [3.05, 3.63) is 33.4 Å². The number of nitrogens with zero attached hydrogens (tertiary/aromatic N) is 2. The molecule has 0 aliphatic rings. The van der Waals surface area contributed by atoms with Crippen LogP contribution in [0, 0.1) is 27.7 Å². The van der Waals surface area contributed by atoms with E-state index in [1.54, 1.807) is 6.21 Å². The highest BCUT2D eigenvalue weighted by molar-refractivity contribution is 5.85. The van der Waals surface area contributed by atoms with E-state index in [0.717, 1.165) is 0 Å². The summed E-state index contributed by atoms with van der Waals surface area (Å²) in [6.45, 7) is 13.0. The second-order valence-corrected chi connectivity index (χ2v) is 5.82. The van der Waals surface area contributed by atoms with Gasteiger partial charge >= 0.3 is 0 Å². The van der Waals surface area contributed by atoms with Crippen molar-refractivity contribution in [1.29, 1.82) is 0 Å². The molecule has 1 aromatic rings. The molecule has 0 heterocycles. The van der Waals surface area contributed by atoms with Gasteiger partial charge in [-0.25, -0.2) is 0 Å². The molecule has 0 aliphatic heterocycles. The molecular formula is C19H30N2. The molecule has 0 N–H and O–H groups in total. The first kappa shape index (κ1) is 17.6. The average Bonchev–Trinajstić information content (AvgIpc) is 2.48. The van der Waals surface area contributed by atoms with Crippen molar-refractivity contribution in [3.63, 3.8) is 0 Å². The maximum absolute atomic E-state index is 4.12. The van der Waals surface area contributed by atoms with Crippen molar-refractivity contribution in [1.82, 2.24) is 0 Å². The Morgan fingerprint density at radius 1 is 0.810 bits per heavy atom. The lowest BCUT2D eigenvalue weighted by Gasteiger charge is -2.18. The van der Waals surface area contributed by atoms with Gasteiger partial charge in [-0.05, 0) is 75.3 Å². The summed E-state index contributed by atoms with van der Waals surface area (Å²) in [5, 5.41) is 8.07. The molecular weight excluding hydrogens is 256 g/mol. The fourth-order valence-electron chi connectivity index (χ4n) is 2.87. The maximum atomic E-state index is 4.12. The SMILES string of the molecule is C/C=N/N=C/c1c(C)c(C)c(CCCCCC)c(C)c1C. The molecule has 0 fully saturated rings. The Morgan fingerprint density at radius 2 is 1.43 bits per heavy atom. The Labute approximate surface area is 130 Å². The Balaban J connectivity index is 3.08. The first-order valence-corrected chi connectivity index (χ1v) is 8.14. The van der Waals surface area contributed by atoms with Gasteiger partial charge in [0.15, 0.2) is 0 Å². The monoisotopic (exact) mass is 286 g/mol. The number of benzene rings is 1. The van der Waals surface area contributed by atoms with Gasteiger partial charge < -0.3 is 0 Å². The predicted molar refractivity (Wildman–Crippen MR) is 95.0 cm³/mol. The molecule has 2 heteroatoms. The Kier molecular flexibility index (Phi) is 7.35. The third kappa shape index (κ3) is 4.52. The molecule has 1 aromatic carbocycles. The van der Waals surface area contributed by atoms with E-state index in [1.165, 1.54) is 65.5 Å². The zero-order valence-electron chi connectivity index (χ0n) is 14.6. The molecule has 2 nitrogen and oxygen atoms in total. The highest BCUT2D eigenvalue weighted by Crippen LogP contribution is 2.27. The highest BCUT2D eigenvalue weighted by Gasteiger charge is 2.13. The van der Waals surface area contributed by atoms with E-state index in [2.05, 4.69) is 44.8 Å². The molecule has 0 saturated heterocycles. The zero-order chi connectivity index (χ0) is 15.8. The van der Waals surface area contributed by atoms with E-state index in [0.29, 0.717) is 0 Å². The smallest absolute Gasteiger partial charge is 0.0573 e. The summed E-state index contributed by atoms with van der Waals surface area (Å²) in [4.78, 5) is 0. The fourth-order valence-corrected chi connectivity index (χ4v) is 2.87. The van der Waals surface area contributed by atoms with Crippen LogP contribution < -0.4 is 0 Å². The molecule has 0 radical (unpaired) electrons. The summed E-state index contributed by atoms with van der Waals surface area (Å²) in [6, 6.07) is 0. The number of hydrogen-bond donors (Lipinski definition) is 0. The third-order valence-electron chi connectivity index (χ3n) is 4.49. The Hall–Kier alpha value is -1.44. The minimum atomic E-state index is 1.20. The largest absolute Gasteiger partial charge is 0.164 e. The van der Waals surface area contributed by atoms with E-state index in [9.17, 15) is 0 Å². The lowest BCUT2D eigenvalue weighted by atomic mass is 9.87. The van der Waals surface area contributed by atoms with E-state index >= 15 is 0 Å². The van der Waals surface area contributed by atoms with E-state index in [4.69, 9.17) is 0 Å². The molecule has 1 rings (SSSR count). The van der Waals surface area contributed by atoms with Gasteiger partial charge in [0, 0.05) is 11.8 Å². The molecule has 0 aromatic heterocycles. The molecule has 0 unspecified atom stereocenters. The van der Waals surface area contributed by atoms with Gasteiger partial charge in [-0.1, -0.05) is 26.2 Å². The van der Waals surface area contributed by atoms with E-state index in [-0.39, 0.29) is 0 Å². The van der Waals surface area contributed by atoms with Crippen molar-refractivity contribution in [2.75, 3.05) is 0 Å². The van der Waals surface area contributed by atoms with Crippen molar-refractivity contribution in [3.8, 4) is 0 Å². The third-order valence-corrected chi connectivity index (χ3v) is 4.49. The van der Waals surface area contributed by atoms with Crippen LogP contribution in [0.4, 0.5) is 0 Å². The summed E-state index contributed by atoms with van der Waals surface area (Å²) in [5.41, 5.74) is 8.32. The van der Waals surface area contributed by atoms with Crippen LogP contribution in [-0.2, 0) is 6.42 Å². The van der Waals surface area contributed by atoms with Gasteiger partial charge in [0.2, 0.25) is 0 Å². The van der Waals surface area contributed by atoms with Crippen LogP contribution >= 0.6 is 0 Å². The summed E-state index contributed by atoms with van der Waals surface area (Å²) < 4.78 is 0. The standard InChI is InChI=1S/C19H30N2/c1-7-9-10-11-12-18-14(3)16(5)19(13-21-20-8-2)17(6)15(18)4/h8,13H,7,9-12H2,1-6H3/b20-8+,21-13+. The Morgan fingerprint density at radius 3 is 1.95 bits per heavy atom. The van der Waals surface area contributed by atoms with E-state index in [1.807, 2.05) is 13.1 Å². The molecule has 0 saturated carbocycles. The number of hydrogen-bond acceptors (Lipinski definition) is 2. The van der Waals surface area contributed by atoms with Crippen molar-refractivity contribution < 1.29 is 0 Å². The summed E-state index contributed by atoms with van der Waals surface area (Å²) in [5.74, 6) is 0. The lowest BCUT2D eigenvalue weighted by Crippen LogP contribution is -2.05. The number of rotatable bonds is 7. The van der Waals surface area contributed by atoms with Gasteiger partial charge in [0.05, 0.1) is 6.21 Å². The average molecular weight is 286 g/mol. The number of unbranched alkanes of at least 4 members (excludes halogenated alkanes) is 3. The van der Waals surface area contributed by atoms with Gasteiger partial charge in [-0.15, -0.1) is 0 Å². The first-order chi connectivity index (χ1) is 10.0. The first-order valence-electron chi connectivity index (χ1n) is 8.14. The molecule has 0 bridgehead atoms. The molecule has 0 amide bonds. The minimum absolute atomic E-state index is 1.20. The second kappa shape index (κ2) is 8.76. The van der Waals surface area contributed by atoms with Crippen molar-refractivity contribution >= 4 is 12.4 Å². The zero-order valence-corrected chi connectivity index (χ0v) is 14.6. The van der Waals surface area contributed by atoms with Crippen LogP contribution in [0.15, 0.2) is 10.2 Å². The summed E-state index contributed by atoms with van der Waals surface area (Å²) in [6.07, 6.45) is 10.1. The van der Waals surface area contributed by atoms with Crippen molar-refractivity contribution in [2.45, 2.75) is 73.6 Å². The maximum Gasteiger partial charge on any atom is 0.0573 e. The van der Waals surface area contributed by atoms with Crippen LogP contribution in [0.5, 0.6) is 0 Å². The minimum Gasteiger partial charge on any atom is -0.164 e. The van der Waals surface area contributed by atoms with Crippen LogP contribution in [-0.4, -0.2) is 12.4 Å². The van der Waals surface area contributed by atoms with Crippen LogP contribution in [0.1, 0.15) is 72.9 Å². The van der Waals surface area contributed by atoms with Crippen LogP contribution in [0.25, 0.3) is 0 Å². The van der Waals surface area contributed by atoms with E-state index < -0.39 is 0 Å².